The Bertz CT molecular complexity index is 150. The fourth-order valence-corrected chi connectivity index (χ4v) is 0.490. The minimum atomic E-state index is -0.771. The molecule has 2 nitrogen and oxygen atoms in total. The minimum Gasteiger partial charge on any atom is -0.380 e. The highest BCUT2D eigenvalue weighted by atomic mass is 16.3. The molecule has 1 N–H and O–H groups in total. The molecule has 0 spiro atoms. The molecule has 0 aromatic rings. The van der Waals surface area contributed by atoms with Crippen LogP contribution in [-0.4, -0.2) is 17.0 Å². The lowest BCUT2D eigenvalue weighted by atomic mass is 10.2. The predicted octanol–water partition coefficient (Wildman–Crippen LogP) is 0.350. The van der Waals surface area contributed by atoms with Crippen LogP contribution in [0.4, 0.5) is 0 Å². The van der Waals surface area contributed by atoms with Crippen LogP contribution in [0.25, 0.3) is 0 Å². The van der Waals surface area contributed by atoms with E-state index in [0.29, 0.717) is 0 Å². The smallest absolute Gasteiger partial charge is 0.133 e. The van der Waals surface area contributed by atoms with Gasteiger partial charge in [-0.15, -0.1) is 5.92 Å². The van der Waals surface area contributed by atoms with E-state index >= 15 is 0 Å². The zero-order chi connectivity index (χ0) is 7.28. The first-order valence-electron chi connectivity index (χ1n) is 2.76. The molecule has 0 rings (SSSR count). The first kappa shape index (κ1) is 8.19. The van der Waals surface area contributed by atoms with Crippen LogP contribution in [0.2, 0.25) is 0 Å². The molecule has 0 aromatic heterocycles. The molecule has 0 heterocycles. The number of rotatable bonds is 2. The number of aliphatic hydroxyl groups is 1. The standard InChI is InChI=1S/C7H10O2/c1-3-4-7(9)5-6(2)8/h7,9H,5H2,1-2H3. The summed E-state index contributed by atoms with van der Waals surface area (Å²) in [4.78, 5) is 10.3. The van der Waals surface area contributed by atoms with Crippen LogP contribution >= 0.6 is 0 Å². The summed E-state index contributed by atoms with van der Waals surface area (Å²) in [5, 5.41) is 8.83. The van der Waals surface area contributed by atoms with Gasteiger partial charge in [0.15, 0.2) is 0 Å². The van der Waals surface area contributed by atoms with E-state index in [0.717, 1.165) is 0 Å². The number of aliphatic hydroxyl groups excluding tert-OH is 1. The van der Waals surface area contributed by atoms with Crippen LogP contribution in [-0.2, 0) is 4.79 Å². The monoisotopic (exact) mass is 126 g/mol. The zero-order valence-electron chi connectivity index (χ0n) is 5.64. The topological polar surface area (TPSA) is 37.3 Å². The van der Waals surface area contributed by atoms with Gasteiger partial charge >= 0.3 is 0 Å². The lowest BCUT2D eigenvalue weighted by Gasteiger charge is -1.95. The van der Waals surface area contributed by atoms with Gasteiger partial charge in [-0.2, -0.15) is 0 Å². The third-order valence-corrected chi connectivity index (χ3v) is 0.792. The molecule has 2 heteroatoms. The van der Waals surface area contributed by atoms with Crippen molar-refractivity contribution in [2.24, 2.45) is 0 Å². The van der Waals surface area contributed by atoms with Gasteiger partial charge < -0.3 is 5.11 Å². The molecule has 9 heavy (non-hydrogen) atoms. The number of carbonyl (C=O) groups is 1. The van der Waals surface area contributed by atoms with Gasteiger partial charge in [-0.3, -0.25) is 4.79 Å². The highest BCUT2D eigenvalue weighted by Crippen LogP contribution is 1.89. The lowest BCUT2D eigenvalue weighted by Crippen LogP contribution is -2.07. The molecule has 0 saturated heterocycles. The summed E-state index contributed by atoms with van der Waals surface area (Å²) in [5.74, 6) is 4.95. The average molecular weight is 126 g/mol. The molecular formula is C7H10O2. The van der Waals surface area contributed by atoms with E-state index in [9.17, 15) is 4.79 Å². The molecule has 0 amide bonds. The van der Waals surface area contributed by atoms with Crippen molar-refractivity contribution < 1.29 is 9.90 Å². The first-order chi connectivity index (χ1) is 4.16. The second-order valence-corrected chi connectivity index (χ2v) is 1.82. The van der Waals surface area contributed by atoms with Crippen molar-refractivity contribution in [1.29, 1.82) is 0 Å². The minimum absolute atomic E-state index is 0.0368. The van der Waals surface area contributed by atoms with Crippen LogP contribution in [0.3, 0.4) is 0 Å². The van der Waals surface area contributed by atoms with Crippen LogP contribution in [0.15, 0.2) is 0 Å². The molecule has 0 aliphatic carbocycles. The summed E-state index contributed by atoms with van der Waals surface area (Å²) in [7, 11) is 0. The van der Waals surface area contributed by atoms with E-state index < -0.39 is 6.10 Å². The van der Waals surface area contributed by atoms with E-state index in [1.54, 1.807) is 6.92 Å². The van der Waals surface area contributed by atoms with Crippen molar-refractivity contribution >= 4 is 5.78 Å². The van der Waals surface area contributed by atoms with Crippen molar-refractivity contribution in [1.82, 2.24) is 0 Å². The largest absolute Gasteiger partial charge is 0.380 e. The third-order valence-electron chi connectivity index (χ3n) is 0.792. The van der Waals surface area contributed by atoms with Crippen molar-refractivity contribution in [2.45, 2.75) is 26.4 Å². The number of Topliss-reactive ketones (excluding diaryl/α,β-unsaturated/α-hetero) is 1. The second-order valence-electron chi connectivity index (χ2n) is 1.82. The van der Waals surface area contributed by atoms with E-state index in [2.05, 4.69) is 11.8 Å². The van der Waals surface area contributed by atoms with Gasteiger partial charge in [0.05, 0.1) is 0 Å². The van der Waals surface area contributed by atoms with Gasteiger partial charge in [0, 0.05) is 6.42 Å². The van der Waals surface area contributed by atoms with Gasteiger partial charge in [0.25, 0.3) is 0 Å². The van der Waals surface area contributed by atoms with Crippen LogP contribution in [0.1, 0.15) is 20.3 Å². The highest BCUT2D eigenvalue weighted by molar-refractivity contribution is 5.76. The van der Waals surface area contributed by atoms with Gasteiger partial charge in [-0.1, -0.05) is 5.92 Å². The maximum atomic E-state index is 10.3. The highest BCUT2D eigenvalue weighted by Gasteiger charge is 2.00. The van der Waals surface area contributed by atoms with E-state index in [-0.39, 0.29) is 12.2 Å². The molecule has 1 atom stereocenters. The Labute approximate surface area is 54.9 Å². The number of hydrogen-bond donors (Lipinski definition) is 1. The van der Waals surface area contributed by atoms with E-state index in [1.807, 2.05) is 0 Å². The third kappa shape index (κ3) is 5.05. The quantitative estimate of drug-likeness (QED) is 0.542. The SMILES string of the molecule is CC#CC(O)CC(C)=O. The predicted molar refractivity (Wildman–Crippen MR) is 34.8 cm³/mol. The molecule has 0 aliphatic rings. The van der Waals surface area contributed by atoms with Crippen LogP contribution in [0, 0.1) is 11.8 Å². The molecule has 0 saturated carbocycles. The van der Waals surface area contributed by atoms with Gasteiger partial charge in [-0.25, -0.2) is 0 Å². The van der Waals surface area contributed by atoms with Crippen molar-refractivity contribution in [3.05, 3.63) is 0 Å². The Morgan fingerprint density at radius 2 is 2.33 bits per heavy atom. The fraction of sp³-hybridized carbons (Fsp3) is 0.571. The second kappa shape index (κ2) is 4.11. The maximum Gasteiger partial charge on any atom is 0.133 e. The number of hydrogen-bond acceptors (Lipinski definition) is 2. The van der Waals surface area contributed by atoms with Crippen molar-refractivity contribution in [2.75, 3.05) is 0 Å². The van der Waals surface area contributed by atoms with Gasteiger partial charge in [0.1, 0.15) is 11.9 Å². The Morgan fingerprint density at radius 1 is 1.78 bits per heavy atom. The Hall–Kier alpha value is -0.810. The Morgan fingerprint density at radius 3 is 2.67 bits per heavy atom. The number of carbonyl (C=O) groups excluding carboxylic acids is 1. The fourth-order valence-electron chi connectivity index (χ4n) is 0.490. The first-order valence-corrected chi connectivity index (χ1v) is 2.76. The summed E-state index contributed by atoms with van der Waals surface area (Å²) in [6.07, 6.45) is -0.631. The summed E-state index contributed by atoms with van der Waals surface area (Å²) in [6.45, 7) is 3.06. The summed E-state index contributed by atoms with van der Waals surface area (Å²) in [5.41, 5.74) is 0. The van der Waals surface area contributed by atoms with E-state index in [1.165, 1.54) is 6.92 Å². The summed E-state index contributed by atoms with van der Waals surface area (Å²) < 4.78 is 0. The molecule has 0 bridgehead atoms. The van der Waals surface area contributed by atoms with E-state index in [4.69, 9.17) is 5.11 Å². The molecule has 1 unspecified atom stereocenters. The van der Waals surface area contributed by atoms with Crippen LogP contribution in [0.5, 0.6) is 0 Å². The van der Waals surface area contributed by atoms with Crippen molar-refractivity contribution in [3.8, 4) is 11.8 Å². The normalized spacial score (nSPS) is 11.4. The van der Waals surface area contributed by atoms with Crippen LogP contribution < -0.4 is 0 Å². The van der Waals surface area contributed by atoms with Crippen molar-refractivity contribution in [3.63, 3.8) is 0 Å². The molecule has 0 fully saturated rings. The van der Waals surface area contributed by atoms with Gasteiger partial charge in [-0.05, 0) is 13.8 Å². The molecular weight excluding hydrogens is 116 g/mol. The lowest BCUT2D eigenvalue weighted by molar-refractivity contribution is -0.118. The summed E-state index contributed by atoms with van der Waals surface area (Å²) in [6, 6.07) is 0. The molecule has 0 aromatic carbocycles. The van der Waals surface area contributed by atoms with Gasteiger partial charge in [0.2, 0.25) is 0 Å². The molecule has 0 aliphatic heterocycles. The zero-order valence-corrected chi connectivity index (χ0v) is 5.64. The number of ketones is 1. The molecule has 50 valence electrons. The maximum absolute atomic E-state index is 10.3. The average Bonchev–Trinajstić information content (AvgIpc) is 1.63. The Kier molecular flexibility index (Phi) is 3.74. The summed E-state index contributed by atoms with van der Waals surface area (Å²) >= 11 is 0. The molecule has 0 radical (unpaired) electrons. The Balaban J connectivity index is 3.59.